The Morgan fingerprint density at radius 1 is 0.947 bits per heavy atom. The van der Waals surface area contributed by atoms with Crippen LogP contribution < -0.4 is 5.32 Å². The second-order valence-corrected chi connectivity index (χ2v) is 10.5. The molecule has 192 valence electrons. The van der Waals surface area contributed by atoms with Crippen LogP contribution in [0.3, 0.4) is 0 Å². The molecule has 0 saturated heterocycles. The zero-order valence-electron chi connectivity index (χ0n) is 22.4. The molecule has 0 bridgehead atoms. The Balaban J connectivity index is 1.46. The quantitative estimate of drug-likeness (QED) is 0.187. The molecule has 0 fully saturated rings. The van der Waals surface area contributed by atoms with Gasteiger partial charge in [0.05, 0.1) is 5.69 Å². The van der Waals surface area contributed by atoms with Gasteiger partial charge in [-0.1, -0.05) is 76.2 Å². The molecule has 2 N–H and O–H groups in total. The van der Waals surface area contributed by atoms with Crippen molar-refractivity contribution >= 4 is 22.9 Å². The molecule has 2 aromatic carbocycles. The van der Waals surface area contributed by atoms with Crippen LogP contribution >= 0.6 is 0 Å². The molecule has 6 heteroatoms. The van der Waals surface area contributed by atoms with Gasteiger partial charge in [0.25, 0.3) is 11.7 Å². The van der Waals surface area contributed by atoms with Gasteiger partial charge in [-0.3, -0.25) is 9.59 Å². The molecule has 0 aliphatic heterocycles. The van der Waals surface area contributed by atoms with E-state index in [2.05, 4.69) is 38.0 Å². The van der Waals surface area contributed by atoms with Crippen molar-refractivity contribution in [1.82, 2.24) is 14.4 Å². The van der Waals surface area contributed by atoms with Gasteiger partial charge in [-0.25, -0.2) is 4.98 Å². The Morgan fingerprint density at radius 2 is 1.68 bits per heavy atom. The fourth-order valence-corrected chi connectivity index (χ4v) is 4.98. The number of hydrogen-bond acceptors (Lipinski definition) is 3. The molecule has 0 saturated carbocycles. The van der Waals surface area contributed by atoms with E-state index in [-0.39, 0.29) is 0 Å². The highest BCUT2D eigenvalue weighted by Crippen LogP contribution is 2.34. The summed E-state index contributed by atoms with van der Waals surface area (Å²) in [5.74, 6) is -0.0291. The van der Waals surface area contributed by atoms with Crippen molar-refractivity contribution in [3.05, 3.63) is 114 Å². The van der Waals surface area contributed by atoms with E-state index in [1.165, 1.54) is 0 Å². The van der Waals surface area contributed by atoms with Crippen LogP contribution in [0.2, 0.25) is 0 Å². The first-order valence-electron chi connectivity index (χ1n) is 12.9. The number of aromatic nitrogens is 3. The van der Waals surface area contributed by atoms with Crippen LogP contribution in [0.5, 0.6) is 0 Å². The summed E-state index contributed by atoms with van der Waals surface area (Å²) in [7, 11) is 0. The molecule has 0 aliphatic rings. The number of aromatic amines is 1. The number of nitrogens with one attached hydrogen (secondary N) is 2. The fraction of sp³-hybridized carbons (Fsp3) is 0.219. The summed E-state index contributed by atoms with van der Waals surface area (Å²) < 4.78 is 1.77. The van der Waals surface area contributed by atoms with Crippen molar-refractivity contribution in [3.8, 4) is 11.1 Å². The van der Waals surface area contributed by atoms with Gasteiger partial charge in [-0.05, 0) is 48.4 Å². The van der Waals surface area contributed by atoms with E-state index >= 15 is 0 Å². The van der Waals surface area contributed by atoms with E-state index in [1.54, 1.807) is 10.5 Å². The van der Waals surface area contributed by atoms with E-state index in [1.807, 2.05) is 85.9 Å². The number of carbonyl (C=O) groups excluding carboxylic acids is 2. The number of pyridine rings is 1. The second kappa shape index (κ2) is 9.78. The van der Waals surface area contributed by atoms with Crippen LogP contribution in [0.4, 0.5) is 5.69 Å². The smallest absolute Gasteiger partial charge is 0.298 e. The first-order chi connectivity index (χ1) is 18.2. The molecule has 0 unspecified atom stereocenters. The minimum absolute atomic E-state index is 0.292. The summed E-state index contributed by atoms with van der Waals surface area (Å²) in [6.45, 7) is 10.5. The average molecular weight is 505 g/mol. The number of Topliss-reactive ketones (excluding diaryl/α,β-unsaturated/α-hetero) is 1. The van der Waals surface area contributed by atoms with E-state index < -0.39 is 17.1 Å². The molecule has 6 nitrogen and oxygen atoms in total. The van der Waals surface area contributed by atoms with Crippen molar-refractivity contribution in [2.75, 3.05) is 5.32 Å². The zero-order chi connectivity index (χ0) is 27.0. The van der Waals surface area contributed by atoms with Gasteiger partial charge in [0.15, 0.2) is 0 Å². The number of H-pyrrole nitrogens is 1. The Morgan fingerprint density at radius 3 is 2.39 bits per heavy atom. The van der Waals surface area contributed by atoms with Gasteiger partial charge < -0.3 is 14.7 Å². The molecular formula is C32H32N4O2. The number of hydrogen-bond donors (Lipinski definition) is 2. The van der Waals surface area contributed by atoms with Gasteiger partial charge in [-0.15, -0.1) is 0 Å². The highest BCUT2D eigenvalue weighted by molar-refractivity contribution is 6.47. The molecule has 38 heavy (non-hydrogen) atoms. The van der Waals surface area contributed by atoms with Crippen molar-refractivity contribution in [2.45, 2.75) is 46.0 Å². The lowest BCUT2D eigenvalue weighted by molar-refractivity contribution is -0.112. The van der Waals surface area contributed by atoms with Crippen molar-refractivity contribution in [1.29, 1.82) is 0 Å². The second-order valence-electron chi connectivity index (χ2n) is 10.5. The van der Waals surface area contributed by atoms with Crippen LogP contribution in [0.25, 0.3) is 16.6 Å². The Labute approximate surface area is 222 Å². The maximum absolute atomic E-state index is 13.6. The number of carbonyl (C=O) groups is 2. The van der Waals surface area contributed by atoms with Crippen LogP contribution in [-0.4, -0.2) is 26.1 Å². The van der Waals surface area contributed by atoms with Crippen LogP contribution in [0, 0.1) is 6.92 Å². The Bertz CT molecular complexity index is 1640. The highest BCUT2D eigenvalue weighted by atomic mass is 16.2. The van der Waals surface area contributed by atoms with E-state index in [9.17, 15) is 9.59 Å². The number of rotatable bonds is 7. The van der Waals surface area contributed by atoms with Gasteiger partial charge in [0, 0.05) is 40.0 Å². The van der Waals surface area contributed by atoms with Crippen LogP contribution in [0.15, 0.2) is 85.1 Å². The lowest BCUT2D eigenvalue weighted by atomic mass is 9.80. The molecule has 1 amide bonds. The molecule has 0 radical (unpaired) electrons. The largest absolute Gasteiger partial charge is 0.346 e. The predicted octanol–water partition coefficient (Wildman–Crippen LogP) is 6.91. The molecule has 5 rings (SSSR count). The molecule has 3 aromatic heterocycles. The van der Waals surface area contributed by atoms with Crippen molar-refractivity contribution in [3.63, 3.8) is 0 Å². The lowest BCUT2D eigenvalue weighted by Gasteiger charge is -2.25. The summed E-state index contributed by atoms with van der Waals surface area (Å²) in [5.41, 5.74) is 5.93. The molecule has 0 aliphatic carbocycles. The van der Waals surface area contributed by atoms with Crippen molar-refractivity contribution < 1.29 is 9.59 Å². The lowest BCUT2D eigenvalue weighted by Crippen LogP contribution is -2.25. The van der Waals surface area contributed by atoms with Crippen molar-refractivity contribution in [2.24, 2.45) is 0 Å². The highest BCUT2D eigenvalue weighted by Gasteiger charge is 2.30. The van der Waals surface area contributed by atoms with E-state index in [0.717, 1.165) is 39.4 Å². The number of fused-ring (bicyclic) bond motifs is 1. The number of ketones is 1. The van der Waals surface area contributed by atoms with Gasteiger partial charge in [0.2, 0.25) is 0 Å². The monoisotopic (exact) mass is 504 g/mol. The van der Waals surface area contributed by atoms with E-state index in [0.29, 0.717) is 17.3 Å². The third kappa shape index (κ3) is 4.54. The minimum Gasteiger partial charge on any atom is -0.346 e. The first kappa shape index (κ1) is 25.2. The number of nitrogens with zero attached hydrogens (tertiary/aromatic N) is 2. The summed E-state index contributed by atoms with van der Waals surface area (Å²) in [5, 5.41) is 2.85. The average Bonchev–Trinajstić information content (AvgIpc) is 3.50. The summed E-state index contributed by atoms with van der Waals surface area (Å²) in [4.78, 5) is 35.2. The normalized spacial score (nSPS) is 11.7. The number of benzene rings is 2. The Kier molecular flexibility index (Phi) is 6.49. The fourth-order valence-electron chi connectivity index (χ4n) is 4.98. The molecule has 5 aromatic rings. The van der Waals surface area contributed by atoms with Crippen LogP contribution in [-0.2, 0) is 10.2 Å². The first-order valence-corrected chi connectivity index (χ1v) is 12.9. The van der Waals surface area contributed by atoms with Gasteiger partial charge >= 0.3 is 0 Å². The Hall–Kier alpha value is -4.45. The maximum atomic E-state index is 13.6. The predicted molar refractivity (Wildman–Crippen MR) is 152 cm³/mol. The minimum atomic E-state index is -0.681. The number of anilines is 1. The molecule has 3 heterocycles. The summed E-state index contributed by atoms with van der Waals surface area (Å²) in [6.07, 6.45) is 1.81. The number of imidazole rings is 1. The summed E-state index contributed by atoms with van der Waals surface area (Å²) >= 11 is 0. The number of amides is 1. The van der Waals surface area contributed by atoms with Gasteiger partial charge in [-0.2, -0.15) is 0 Å². The third-order valence-electron chi connectivity index (χ3n) is 7.07. The topological polar surface area (TPSA) is 79.3 Å². The SMILES string of the molecule is Cc1[nH]c(C(C)C)nc1C(C)(C)c1cccc(NC(=O)C(=O)c2c(-c3ccccc3)cc3ccccn23)c1. The van der Waals surface area contributed by atoms with Gasteiger partial charge in [0.1, 0.15) is 11.5 Å². The molecule has 0 spiro atoms. The third-order valence-corrected chi connectivity index (χ3v) is 7.07. The molecule has 0 atom stereocenters. The molecular weight excluding hydrogens is 472 g/mol. The number of aryl methyl sites for hydroxylation is 1. The van der Waals surface area contributed by atoms with E-state index in [4.69, 9.17) is 4.98 Å². The summed E-state index contributed by atoms with van der Waals surface area (Å²) in [6, 6.07) is 24.9. The zero-order valence-corrected chi connectivity index (χ0v) is 22.4. The maximum Gasteiger partial charge on any atom is 0.298 e. The standard InChI is InChI=1S/C32H32N4O2/c1-20(2)30-33-21(3)29(35-30)32(4,5)23-14-11-15-24(18-23)34-31(38)28(37)27-26(22-12-7-6-8-13-22)19-25-16-9-10-17-36(25)27/h6-20H,1-5H3,(H,33,35)(H,34,38). The van der Waals surface area contributed by atoms with Crippen LogP contribution in [0.1, 0.15) is 66.9 Å².